The number of aryl methyl sites for hydroxylation is 1. The van der Waals surface area contributed by atoms with E-state index in [0.29, 0.717) is 5.92 Å². The van der Waals surface area contributed by atoms with Gasteiger partial charge in [0.15, 0.2) is 0 Å². The first-order valence-electron chi connectivity index (χ1n) is 25.0. The Hall–Kier alpha value is -4.24. The highest BCUT2D eigenvalue weighted by molar-refractivity contribution is 7.00. The summed E-state index contributed by atoms with van der Waals surface area (Å²) in [5, 5.41) is 0. The van der Waals surface area contributed by atoms with Gasteiger partial charge in [-0.2, -0.15) is 0 Å². The van der Waals surface area contributed by atoms with E-state index in [9.17, 15) is 0 Å². The zero-order valence-corrected chi connectivity index (χ0v) is 43.0. The summed E-state index contributed by atoms with van der Waals surface area (Å²) < 4.78 is 0. The van der Waals surface area contributed by atoms with Crippen molar-refractivity contribution in [1.29, 1.82) is 0 Å². The molecule has 0 unspecified atom stereocenters. The van der Waals surface area contributed by atoms with Gasteiger partial charge in [-0.05, 0) is 180 Å². The molecule has 336 valence electrons. The lowest BCUT2D eigenvalue weighted by molar-refractivity contribution is 0.332. The van der Waals surface area contributed by atoms with Crippen LogP contribution < -0.4 is 26.2 Å². The van der Waals surface area contributed by atoms with E-state index < -0.39 is 0 Å². The molecule has 1 saturated carbocycles. The molecule has 0 radical (unpaired) electrons. The zero-order chi connectivity index (χ0) is 46.3. The van der Waals surface area contributed by atoms with E-state index in [2.05, 4.69) is 206 Å². The lowest BCUT2D eigenvalue weighted by Gasteiger charge is -2.48. The molecule has 0 amide bonds. The first-order chi connectivity index (χ1) is 29.6. The molecule has 2 nitrogen and oxygen atoms in total. The molecule has 0 atom stereocenters. The van der Waals surface area contributed by atoms with Crippen molar-refractivity contribution in [3.05, 3.63) is 123 Å². The second-order valence-electron chi connectivity index (χ2n) is 26.2. The highest BCUT2D eigenvalue weighted by Gasteiger charge is 2.47. The van der Waals surface area contributed by atoms with E-state index in [0.717, 1.165) is 0 Å². The SMILES string of the molecule is Cc1cc2c3c(c1)N(c1cc(C(C)(C)C)cc(C(C)(C)C)c1)c1cc4c(cc1B3c1cc(C3CCCCC3)ccc1N2c1cc(C(C)(C)C)cc(C(C)(C)C)c1)C(C)(C)CCC4(C)C. The first-order valence-corrected chi connectivity index (χ1v) is 25.0. The van der Waals surface area contributed by atoms with Crippen molar-refractivity contribution in [2.24, 2.45) is 0 Å². The van der Waals surface area contributed by atoms with Gasteiger partial charge in [0, 0.05) is 34.1 Å². The maximum atomic E-state index is 2.72. The second kappa shape index (κ2) is 14.9. The molecule has 2 aliphatic heterocycles. The highest BCUT2D eigenvalue weighted by Crippen LogP contribution is 2.52. The Balaban J connectivity index is 1.43. The summed E-state index contributed by atoms with van der Waals surface area (Å²) in [6, 6.07) is 33.2. The maximum absolute atomic E-state index is 2.72. The smallest absolute Gasteiger partial charge is 0.252 e. The Kier molecular flexibility index (Phi) is 10.5. The van der Waals surface area contributed by atoms with Crippen LogP contribution in [0.2, 0.25) is 0 Å². The van der Waals surface area contributed by atoms with Gasteiger partial charge in [0.05, 0.1) is 0 Å². The minimum Gasteiger partial charge on any atom is -0.311 e. The molecule has 2 aliphatic carbocycles. The number of benzene rings is 5. The fraction of sp³-hybridized carbons (Fsp3) is 0.508. The summed E-state index contributed by atoms with van der Waals surface area (Å²) in [6.07, 6.45) is 8.99. The second-order valence-corrected chi connectivity index (χ2v) is 26.2. The molecule has 2 heterocycles. The molecule has 0 aromatic heterocycles. The van der Waals surface area contributed by atoms with Gasteiger partial charge in [0.25, 0.3) is 6.71 Å². The zero-order valence-electron chi connectivity index (χ0n) is 43.0. The van der Waals surface area contributed by atoms with Gasteiger partial charge in [-0.25, -0.2) is 0 Å². The Labute approximate surface area is 389 Å². The molecule has 5 aromatic carbocycles. The molecular formula is C61H79BN2. The van der Waals surface area contributed by atoms with Gasteiger partial charge in [0.1, 0.15) is 0 Å². The Morgan fingerprint density at radius 3 is 1.34 bits per heavy atom. The van der Waals surface area contributed by atoms with Gasteiger partial charge in [-0.15, -0.1) is 0 Å². The lowest BCUT2D eigenvalue weighted by atomic mass is 9.33. The largest absolute Gasteiger partial charge is 0.311 e. The van der Waals surface area contributed by atoms with Gasteiger partial charge in [-0.1, -0.05) is 160 Å². The molecule has 1 fully saturated rings. The summed E-state index contributed by atoms with van der Waals surface area (Å²) in [5.74, 6) is 0.613. The molecule has 64 heavy (non-hydrogen) atoms. The number of hydrogen-bond acceptors (Lipinski definition) is 2. The number of rotatable bonds is 3. The van der Waals surface area contributed by atoms with Crippen LogP contribution in [0, 0.1) is 6.92 Å². The normalized spacial score (nSPS) is 18.4. The van der Waals surface area contributed by atoms with E-state index in [1.807, 2.05) is 0 Å². The number of fused-ring (bicyclic) bond motifs is 5. The monoisotopic (exact) mass is 851 g/mol. The van der Waals surface area contributed by atoms with Crippen molar-refractivity contribution in [3.63, 3.8) is 0 Å². The topological polar surface area (TPSA) is 6.48 Å². The third kappa shape index (κ3) is 7.67. The summed E-state index contributed by atoms with van der Waals surface area (Å²) in [4.78, 5) is 5.41. The molecular weight excluding hydrogens is 771 g/mol. The molecule has 4 aliphatic rings. The predicted octanol–water partition coefficient (Wildman–Crippen LogP) is 15.7. The van der Waals surface area contributed by atoms with Crippen molar-refractivity contribution < 1.29 is 0 Å². The fourth-order valence-electron chi connectivity index (χ4n) is 11.7. The molecule has 3 heteroatoms. The van der Waals surface area contributed by atoms with Crippen LogP contribution in [0.1, 0.15) is 206 Å². The number of nitrogens with zero attached hydrogens (tertiary/aromatic N) is 2. The minimum absolute atomic E-state index is 0.00766. The highest BCUT2D eigenvalue weighted by atomic mass is 15.2. The van der Waals surface area contributed by atoms with Crippen molar-refractivity contribution in [2.45, 2.75) is 201 Å². The van der Waals surface area contributed by atoms with Gasteiger partial charge < -0.3 is 9.80 Å². The van der Waals surface area contributed by atoms with Crippen LogP contribution in [0.3, 0.4) is 0 Å². The third-order valence-corrected chi connectivity index (χ3v) is 16.1. The molecule has 5 aromatic rings. The molecule has 0 spiro atoms. The molecule has 9 rings (SSSR count). The van der Waals surface area contributed by atoms with E-state index in [-0.39, 0.29) is 39.2 Å². The molecule has 0 N–H and O–H groups in total. The van der Waals surface area contributed by atoms with Crippen LogP contribution >= 0.6 is 0 Å². The van der Waals surface area contributed by atoms with Crippen molar-refractivity contribution in [2.75, 3.05) is 9.80 Å². The van der Waals surface area contributed by atoms with E-state index in [1.165, 1.54) is 134 Å². The Morgan fingerprint density at radius 1 is 0.469 bits per heavy atom. The predicted molar refractivity (Wildman–Crippen MR) is 281 cm³/mol. The van der Waals surface area contributed by atoms with Gasteiger partial charge >= 0.3 is 0 Å². The van der Waals surface area contributed by atoms with Crippen molar-refractivity contribution in [1.82, 2.24) is 0 Å². The summed E-state index contributed by atoms with van der Waals surface area (Å²) >= 11 is 0. The average Bonchev–Trinajstić information content (AvgIpc) is 3.20. The van der Waals surface area contributed by atoms with Crippen LogP contribution in [-0.4, -0.2) is 6.71 Å². The molecule has 0 saturated heterocycles. The van der Waals surface area contributed by atoms with E-state index >= 15 is 0 Å². The quantitative estimate of drug-likeness (QED) is 0.163. The standard InChI is InChI=1S/C61H79BN2/c1-38-27-53-55-54(28-38)64(46-34-43(58(8,9)10)31-44(35-46)59(11,12)13)52-37-48-47(60(14,15)25-26-61(48,16)17)36-50(52)62(55)49-29-40(39-21-19-18-20-22-39)23-24-51(49)63(53)45-32-41(56(2,3)4)30-42(33-45)57(5,6)7/h23-24,27-37,39H,18-22,25-26H2,1-17H3. The summed E-state index contributed by atoms with van der Waals surface area (Å²) in [7, 11) is 0. The minimum atomic E-state index is -0.0147. The van der Waals surface area contributed by atoms with E-state index in [1.54, 1.807) is 5.56 Å². The van der Waals surface area contributed by atoms with Crippen molar-refractivity contribution in [3.8, 4) is 0 Å². The summed E-state index contributed by atoms with van der Waals surface area (Å²) in [6.45, 7) is 41.0. The first kappa shape index (κ1) is 44.9. The number of hydrogen-bond donors (Lipinski definition) is 0. The van der Waals surface area contributed by atoms with E-state index in [4.69, 9.17) is 0 Å². The van der Waals surface area contributed by atoms with Crippen LogP contribution in [0.4, 0.5) is 34.1 Å². The Bertz CT molecular complexity index is 2590. The van der Waals surface area contributed by atoms with Crippen LogP contribution in [0.25, 0.3) is 0 Å². The average molecular weight is 851 g/mol. The lowest BCUT2D eigenvalue weighted by Crippen LogP contribution is -2.62. The van der Waals surface area contributed by atoms with Gasteiger partial charge in [0.2, 0.25) is 0 Å². The Morgan fingerprint density at radius 2 is 0.891 bits per heavy atom. The van der Waals surface area contributed by atoms with Crippen molar-refractivity contribution >= 4 is 57.2 Å². The van der Waals surface area contributed by atoms with Crippen LogP contribution in [-0.2, 0) is 32.5 Å². The number of anilines is 6. The maximum Gasteiger partial charge on any atom is 0.252 e. The van der Waals surface area contributed by atoms with Crippen LogP contribution in [0.5, 0.6) is 0 Å². The van der Waals surface area contributed by atoms with Gasteiger partial charge in [-0.3, -0.25) is 0 Å². The fourth-order valence-corrected chi connectivity index (χ4v) is 11.7. The molecule has 0 bridgehead atoms. The summed E-state index contributed by atoms with van der Waals surface area (Å²) in [5.41, 5.74) is 23.8. The third-order valence-electron chi connectivity index (χ3n) is 16.1. The van der Waals surface area contributed by atoms with Crippen LogP contribution in [0.15, 0.2) is 78.9 Å².